The molecule has 2 aromatic carbocycles. The van der Waals surface area contributed by atoms with Gasteiger partial charge in [-0.2, -0.15) is 0 Å². The number of aliphatic hydroxyl groups is 1. The lowest BCUT2D eigenvalue weighted by Crippen LogP contribution is -2.68. The summed E-state index contributed by atoms with van der Waals surface area (Å²) >= 11 is 0. The summed E-state index contributed by atoms with van der Waals surface area (Å²) < 4.78 is 0. The van der Waals surface area contributed by atoms with E-state index in [2.05, 4.69) is 19.1 Å². The number of primary amides is 1. The number of nitrogens with two attached hydrogens (primary N) is 1. The number of Topliss-reactive ketones (excluding diaryl/α,β-unsaturated/α-hetero) is 4. The van der Waals surface area contributed by atoms with E-state index in [0.29, 0.717) is 5.56 Å². The van der Waals surface area contributed by atoms with Crippen LogP contribution in [0, 0.1) is 23.7 Å². The molecular weight excluding hydrogens is 486 g/mol. The van der Waals surface area contributed by atoms with Crippen molar-refractivity contribution in [3.8, 4) is 16.9 Å². The summed E-state index contributed by atoms with van der Waals surface area (Å²) in [5, 5.41) is 22.0. The number of amides is 1. The van der Waals surface area contributed by atoms with Crippen molar-refractivity contribution in [2.75, 3.05) is 0 Å². The third kappa shape index (κ3) is 3.89. The van der Waals surface area contributed by atoms with Crippen molar-refractivity contribution in [1.82, 2.24) is 0 Å². The maximum Gasteiger partial charge on any atom is 0.235 e. The molecule has 1 amide bonds. The van der Waals surface area contributed by atoms with Crippen LogP contribution in [0.4, 0.5) is 0 Å². The predicted molar refractivity (Wildman–Crippen MR) is 137 cm³/mol. The predicted octanol–water partition coefficient (Wildman–Crippen LogP) is 2.73. The third-order valence-corrected chi connectivity index (χ3v) is 8.62. The largest absolute Gasteiger partial charge is 0.507 e. The number of phenolic OH excluding ortho intramolecular Hbond substituents is 1. The van der Waals surface area contributed by atoms with Gasteiger partial charge in [0.15, 0.2) is 34.7 Å². The zero-order chi connectivity index (χ0) is 27.4. The summed E-state index contributed by atoms with van der Waals surface area (Å²) in [5.41, 5.74) is 6.06. The summed E-state index contributed by atoms with van der Waals surface area (Å²) in [6.07, 6.45) is 4.37. The van der Waals surface area contributed by atoms with Crippen molar-refractivity contribution in [1.29, 1.82) is 0 Å². The molecule has 8 heteroatoms. The van der Waals surface area contributed by atoms with Gasteiger partial charge in [0, 0.05) is 12.3 Å². The standard InChI is InChI=1S/C30H31NO7/c1-2-3-4-5-15-6-8-16(9-7-15)19-10-11-21(32)24-20(19)13-17-12-18-14-22(33)25(29(31)37)28(36)30(18,38)27(35)23(17)26(24)34/h6-11,17-18,23,25,32,38H,2-5,12-14H2,1H3,(H2,31,37)/t17-,18+,23?,25?,30+/m1/s1. The van der Waals surface area contributed by atoms with E-state index in [9.17, 15) is 34.2 Å². The van der Waals surface area contributed by atoms with Crippen LogP contribution in [0.5, 0.6) is 5.75 Å². The van der Waals surface area contributed by atoms with Crippen molar-refractivity contribution >= 4 is 29.0 Å². The SMILES string of the molecule is CCCCCc1ccc(-c2ccc(O)c3c2C[C@H]2C[C@H]4CC(=O)C(C(N)=O)C(=O)[C@@]4(O)C(=O)C2C3=O)cc1. The van der Waals surface area contributed by atoms with Crippen LogP contribution in [-0.4, -0.2) is 44.9 Å². The zero-order valence-corrected chi connectivity index (χ0v) is 21.2. The highest BCUT2D eigenvalue weighted by atomic mass is 16.3. The van der Waals surface area contributed by atoms with Gasteiger partial charge >= 0.3 is 0 Å². The van der Waals surface area contributed by atoms with Crippen molar-refractivity contribution in [2.24, 2.45) is 29.4 Å². The average molecular weight is 518 g/mol. The van der Waals surface area contributed by atoms with Gasteiger partial charge in [-0.05, 0) is 59.9 Å². The molecule has 38 heavy (non-hydrogen) atoms. The number of rotatable bonds is 6. The Balaban J connectivity index is 1.52. The quantitative estimate of drug-likeness (QED) is 0.393. The third-order valence-electron chi connectivity index (χ3n) is 8.62. The van der Waals surface area contributed by atoms with Gasteiger partial charge in [-0.15, -0.1) is 0 Å². The fourth-order valence-corrected chi connectivity index (χ4v) is 6.67. The lowest BCUT2D eigenvalue weighted by atomic mass is 9.53. The van der Waals surface area contributed by atoms with Crippen molar-refractivity contribution in [3.63, 3.8) is 0 Å². The maximum absolute atomic E-state index is 13.7. The number of ketones is 4. The van der Waals surface area contributed by atoms with E-state index in [1.54, 1.807) is 6.07 Å². The first-order valence-electron chi connectivity index (χ1n) is 13.2. The molecule has 3 aliphatic carbocycles. The van der Waals surface area contributed by atoms with Crippen LogP contribution in [0.25, 0.3) is 11.1 Å². The van der Waals surface area contributed by atoms with Crippen LogP contribution < -0.4 is 5.73 Å². The molecule has 5 atom stereocenters. The summed E-state index contributed by atoms with van der Waals surface area (Å²) in [7, 11) is 0. The van der Waals surface area contributed by atoms with E-state index in [1.807, 2.05) is 12.1 Å². The first-order valence-corrected chi connectivity index (χ1v) is 13.2. The zero-order valence-electron chi connectivity index (χ0n) is 21.2. The van der Waals surface area contributed by atoms with E-state index in [-0.39, 0.29) is 30.6 Å². The maximum atomic E-state index is 13.7. The second-order valence-corrected chi connectivity index (χ2v) is 10.9. The van der Waals surface area contributed by atoms with E-state index < -0.39 is 58.3 Å². The minimum atomic E-state index is -2.64. The second-order valence-electron chi connectivity index (χ2n) is 10.9. The topological polar surface area (TPSA) is 152 Å². The van der Waals surface area contributed by atoms with Gasteiger partial charge in [0.25, 0.3) is 0 Å². The molecule has 0 bridgehead atoms. The fraction of sp³-hybridized carbons (Fsp3) is 0.433. The van der Waals surface area contributed by atoms with E-state index in [1.165, 1.54) is 11.6 Å². The van der Waals surface area contributed by atoms with Crippen LogP contribution in [-0.2, 0) is 32.0 Å². The van der Waals surface area contributed by atoms with Gasteiger partial charge in [-0.3, -0.25) is 24.0 Å². The monoisotopic (exact) mass is 517 g/mol. The van der Waals surface area contributed by atoms with Gasteiger partial charge in [0.05, 0.1) is 11.5 Å². The summed E-state index contributed by atoms with van der Waals surface area (Å²) in [5.74, 6) is -10.0. The molecule has 2 aromatic rings. The number of aromatic hydroxyl groups is 1. The number of benzene rings is 2. The van der Waals surface area contributed by atoms with Crippen LogP contribution >= 0.6 is 0 Å². The molecule has 5 rings (SSSR count). The fourth-order valence-electron chi connectivity index (χ4n) is 6.67. The number of carbonyl (C=O) groups excluding carboxylic acids is 5. The number of hydrogen-bond donors (Lipinski definition) is 3. The molecule has 4 N–H and O–H groups in total. The van der Waals surface area contributed by atoms with Crippen molar-refractivity contribution in [3.05, 3.63) is 53.1 Å². The Kier molecular flexibility index (Phi) is 6.55. The van der Waals surface area contributed by atoms with Crippen molar-refractivity contribution < 1.29 is 34.2 Å². The number of hydrogen-bond acceptors (Lipinski definition) is 7. The Morgan fingerprint density at radius 1 is 1.00 bits per heavy atom. The summed E-state index contributed by atoms with van der Waals surface area (Å²) in [6, 6.07) is 11.2. The minimum Gasteiger partial charge on any atom is -0.507 e. The molecule has 0 saturated heterocycles. The Hall–Kier alpha value is -3.65. The Morgan fingerprint density at radius 2 is 1.71 bits per heavy atom. The molecule has 198 valence electrons. The van der Waals surface area contributed by atoms with Gasteiger partial charge in [0.1, 0.15) is 5.75 Å². The minimum absolute atomic E-state index is 0.0111. The molecule has 0 spiro atoms. The normalized spacial score (nSPS) is 28.5. The number of carbonyl (C=O) groups is 5. The van der Waals surface area contributed by atoms with E-state index in [4.69, 9.17) is 5.73 Å². The number of phenols is 1. The number of unbranched alkanes of at least 4 members (excludes halogenated alkanes) is 2. The van der Waals surface area contributed by atoms with Crippen LogP contribution in [0.15, 0.2) is 36.4 Å². The average Bonchev–Trinajstić information content (AvgIpc) is 2.87. The Morgan fingerprint density at radius 3 is 2.37 bits per heavy atom. The molecule has 2 fully saturated rings. The number of fused-ring (bicyclic) bond motifs is 3. The molecule has 0 aliphatic heterocycles. The first-order chi connectivity index (χ1) is 18.1. The lowest BCUT2D eigenvalue weighted by Gasteiger charge is -2.48. The molecule has 3 aliphatic rings. The lowest BCUT2D eigenvalue weighted by molar-refractivity contribution is -0.175. The highest BCUT2D eigenvalue weighted by Gasteiger charge is 2.66. The summed E-state index contributed by atoms with van der Waals surface area (Å²) in [6.45, 7) is 2.16. The smallest absolute Gasteiger partial charge is 0.235 e. The first kappa shape index (κ1) is 26.0. The molecule has 8 nitrogen and oxygen atoms in total. The molecule has 2 saturated carbocycles. The molecular formula is C30H31NO7. The van der Waals surface area contributed by atoms with Crippen molar-refractivity contribution in [2.45, 2.75) is 57.5 Å². The van der Waals surface area contributed by atoms with Crippen LogP contribution in [0.1, 0.15) is 60.5 Å². The molecule has 0 aromatic heterocycles. The van der Waals surface area contributed by atoms with Gasteiger partial charge in [-0.1, -0.05) is 50.1 Å². The van der Waals surface area contributed by atoms with Crippen LogP contribution in [0.3, 0.4) is 0 Å². The Bertz CT molecular complexity index is 1360. The highest BCUT2D eigenvalue weighted by Crippen LogP contribution is 2.51. The second kappa shape index (κ2) is 9.58. The highest BCUT2D eigenvalue weighted by molar-refractivity contribution is 6.31. The van der Waals surface area contributed by atoms with Crippen LogP contribution in [0.2, 0.25) is 0 Å². The van der Waals surface area contributed by atoms with E-state index >= 15 is 0 Å². The van der Waals surface area contributed by atoms with Gasteiger partial charge in [0.2, 0.25) is 5.91 Å². The summed E-state index contributed by atoms with van der Waals surface area (Å²) in [4.78, 5) is 64.6. The number of aryl methyl sites for hydroxylation is 1. The van der Waals surface area contributed by atoms with Gasteiger partial charge in [-0.25, -0.2) is 0 Å². The Labute approximate surface area is 220 Å². The molecule has 2 unspecified atom stereocenters. The van der Waals surface area contributed by atoms with E-state index in [0.717, 1.165) is 36.8 Å². The molecule has 0 heterocycles. The molecule has 0 radical (unpaired) electrons. The van der Waals surface area contributed by atoms with Gasteiger partial charge < -0.3 is 15.9 Å².